The second kappa shape index (κ2) is 6.90. The molecule has 0 amide bonds. The summed E-state index contributed by atoms with van der Waals surface area (Å²) >= 11 is 0. The third kappa shape index (κ3) is 3.41. The molecule has 9 nitrogen and oxygen atoms in total. The standard InChI is InChI=1S/C14H19N3O6/c1-3-7-6-17(14(21)16-12(7)15)13-11(20)10(19)8(23-13)5-9(18)22-4-2/h3,6,8,10-11,13,19-20H,1,4-5H2,2H3,(H2,15,16,21)/t8-,10-,11-,13-/m1/s1. The molecule has 1 aromatic rings. The van der Waals surface area contributed by atoms with Crippen molar-refractivity contribution in [1.82, 2.24) is 9.55 Å². The molecule has 0 saturated carbocycles. The van der Waals surface area contributed by atoms with Crippen molar-refractivity contribution in [3.63, 3.8) is 0 Å². The summed E-state index contributed by atoms with van der Waals surface area (Å²) in [5.74, 6) is -0.573. The molecule has 0 unspecified atom stereocenters. The predicted octanol–water partition coefficient (Wildman–Crippen LogP) is -0.959. The maximum absolute atomic E-state index is 12.0. The summed E-state index contributed by atoms with van der Waals surface area (Å²) in [5.41, 5.74) is 5.21. The van der Waals surface area contributed by atoms with E-state index >= 15 is 0 Å². The molecule has 0 bridgehead atoms. The Labute approximate surface area is 132 Å². The fraction of sp³-hybridized carbons (Fsp3) is 0.500. The van der Waals surface area contributed by atoms with Crippen LogP contribution in [0.4, 0.5) is 5.82 Å². The summed E-state index contributed by atoms with van der Waals surface area (Å²) < 4.78 is 11.2. The molecule has 1 saturated heterocycles. The van der Waals surface area contributed by atoms with E-state index in [1.54, 1.807) is 6.92 Å². The van der Waals surface area contributed by atoms with Crippen LogP contribution >= 0.6 is 0 Å². The average Bonchev–Trinajstić information content (AvgIpc) is 2.76. The number of rotatable bonds is 5. The molecule has 1 aliphatic rings. The number of aliphatic hydroxyl groups excluding tert-OH is 2. The first-order chi connectivity index (χ1) is 10.9. The Bertz CT molecular complexity index is 658. The number of ether oxygens (including phenoxy) is 2. The number of nitrogens with zero attached hydrogens (tertiary/aromatic N) is 2. The van der Waals surface area contributed by atoms with Gasteiger partial charge in [0.1, 0.15) is 18.0 Å². The lowest BCUT2D eigenvalue weighted by Crippen LogP contribution is -2.36. The van der Waals surface area contributed by atoms with Crippen LogP contribution in [0.1, 0.15) is 25.1 Å². The molecule has 0 aromatic carbocycles. The molecule has 1 aromatic heterocycles. The second-order valence-electron chi connectivity index (χ2n) is 5.03. The van der Waals surface area contributed by atoms with Crippen LogP contribution in [-0.4, -0.2) is 50.7 Å². The minimum Gasteiger partial charge on any atom is -0.466 e. The van der Waals surface area contributed by atoms with E-state index in [1.807, 2.05) is 0 Å². The van der Waals surface area contributed by atoms with Crippen molar-refractivity contribution < 1.29 is 24.5 Å². The van der Waals surface area contributed by atoms with Crippen molar-refractivity contribution in [2.24, 2.45) is 0 Å². The van der Waals surface area contributed by atoms with Crippen molar-refractivity contribution in [2.45, 2.75) is 37.9 Å². The molecule has 4 atom stereocenters. The summed E-state index contributed by atoms with van der Waals surface area (Å²) in [4.78, 5) is 27.1. The molecule has 2 rings (SSSR count). The Morgan fingerprint density at radius 2 is 2.26 bits per heavy atom. The highest BCUT2D eigenvalue weighted by Gasteiger charge is 2.45. The fourth-order valence-corrected chi connectivity index (χ4v) is 2.35. The van der Waals surface area contributed by atoms with Crippen molar-refractivity contribution in [2.75, 3.05) is 12.3 Å². The summed E-state index contributed by atoms with van der Waals surface area (Å²) in [6.45, 7) is 5.39. The molecular weight excluding hydrogens is 306 g/mol. The maximum Gasteiger partial charge on any atom is 0.351 e. The van der Waals surface area contributed by atoms with Crippen LogP contribution in [0.5, 0.6) is 0 Å². The van der Waals surface area contributed by atoms with Crippen LogP contribution in [0.3, 0.4) is 0 Å². The minimum atomic E-state index is -1.41. The zero-order chi connectivity index (χ0) is 17.1. The molecular formula is C14H19N3O6. The van der Waals surface area contributed by atoms with E-state index in [1.165, 1.54) is 12.3 Å². The van der Waals surface area contributed by atoms with Gasteiger partial charge in [0.25, 0.3) is 0 Å². The summed E-state index contributed by atoms with van der Waals surface area (Å²) in [5, 5.41) is 20.1. The smallest absolute Gasteiger partial charge is 0.351 e. The van der Waals surface area contributed by atoms with E-state index < -0.39 is 36.2 Å². The van der Waals surface area contributed by atoms with Crippen LogP contribution in [0, 0.1) is 0 Å². The first kappa shape index (κ1) is 17.1. The highest BCUT2D eigenvalue weighted by molar-refractivity contribution is 5.70. The molecule has 0 spiro atoms. The average molecular weight is 325 g/mol. The number of carbonyl (C=O) groups is 1. The van der Waals surface area contributed by atoms with E-state index in [-0.39, 0.29) is 18.8 Å². The number of nitrogen functional groups attached to an aromatic ring is 1. The molecule has 9 heteroatoms. The van der Waals surface area contributed by atoms with E-state index in [0.29, 0.717) is 5.56 Å². The minimum absolute atomic E-state index is 0.00245. The van der Waals surface area contributed by atoms with Crippen molar-refractivity contribution in [3.8, 4) is 0 Å². The number of nitrogens with two attached hydrogens (primary N) is 1. The summed E-state index contributed by atoms with van der Waals surface area (Å²) in [6, 6.07) is 0. The van der Waals surface area contributed by atoms with Gasteiger partial charge in [-0.1, -0.05) is 12.7 Å². The Hall–Kier alpha value is -2.23. The number of esters is 1. The van der Waals surface area contributed by atoms with Gasteiger partial charge in [0.05, 0.1) is 19.1 Å². The second-order valence-corrected chi connectivity index (χ2v) is 5.03. The number of aliphatic hydroxyl groups is 2. The Balaban J connectivity index is 2.26. The first-order valence-electron chi connectivity index (χ1n) is 7.07. The third-order valence-corrected chi connectivity index (χ3v) is 3.52. The van der Waals surface area contributed by atoms with Gasteiger partial charge in [-0.3, -0.25) is 9.36 Å². The highest BCUT2D eigenvalue weighted by atomic mass is 16.6. The van der Waals surface area contributed by atoms with Crippen molar-refractivity contribution in [3.05, 3.63) is 28.8 Å². The van der Waals surface area contributed by atoms with Gasteiger partial charge in [0, 0.05) is 11.8 Å². The molecule has 23 heavy (non-hydrogen) atoms. The molecule has 126 valence electrons. The lowest BCUT2D eigenvalue weighted by atomic mass is 10.1. The van der Waals surface area contributed by atoms with Gasteiger partial charge >= 0.3 is 11.7 Å². The number of carbonyl (C=O) groups excluding carboxylic acids is 1. The third-order valence-electron chi connectivity index (χ3n) is 3.52. The van der Waals surface area contributed by atoms with Gasteiger partial charge in [-0.2, -0.15) is 4.98 Å². The SMILES string of the molecule is C=Cc1cn([C@@H]2O[C@H](CC(=O)OCC)[C@@H](O)[C@H]2O)c(=O)nc1N. The number of hydrogen-bond acceptors (Lipinski definition) is 8. The van der Waals surface area contributed by atoms with Gasteiger partial charge in [-0.05, 0) is 6.92 Å². The quantitative estimate of drug-likeness (QED) is 0.589. The molecule has 1 fully saturated rings. The number of hydrogen-bond donors (Lipinski definition) is 3. The van der Waals surface area contributed by atoms with Crippen molar-refractivity contribution in [1.29, 1.82) is 0 Å². The van der Waals surface area contributed by atoms with Crippen LogP contribution < -0.4 is 11.4 Å². The highest BCUT2D eigenvalue weighted by Crippen LogP contribution is 2.30. The zero-order valence-corrected chi connectivity index (χ0v) is 12.6. The lowest BCUT2D eigenvalue weighted by Gasteiger charge is -2.18. The van der Waals surface area contributed by atoms with E-state index in [9.17, 15) is 19.8 Å². The van der Waals surface area contributed by atoms with Crippen LogP contribution in [0.2, 0.25) is 0 Å². The summed E-state index contributed by atoms with van der Waals surface area (Å²) in [6.07, 6.45) is -2.46. The van der Waals surface area contributed by atoms with E-state index in [2.05, 4.69) is 11.6 Å². The number of aromatic nitrogens is 2. The largest absolute Gasteiger partial charge is 0.466 e. The van der Waals surface area contributed by atoms with Gasteiger partial charge in [0.2, 0.25) is 0 Å². The Kier molecular flexibility index (Phi) is 5.14. The molecule has 1 aliphatic heterocycles. The van der Waals surface area contributed by atoms with Gasteiger partial charge in [-0.15, -0.1) is 0 Å². The normalized spacial score (nSPS) is 26.9. The fourth-order valence-electron chi connectivity index (χ4n) is 2.35. The predicted molar refractivity (Wildman–Crippen MR) is 80.2 cm³/mol. The molecule has 4 N–H and O–H groups in total. The van der Waals surface area contributed by atoms with E-state index in [0.717, 1.165) is 4.57 Å². The Morgan fingerprint density at radius 3 is 2.87 bits per heavy atom. The maximum atomic E-state index is 12.0. The lowest BCUT2D eigenvalue weighted by molar-refractivity contribution is -0.148. The molecule has 0 radical (unpaired) electrons. The molecule has 2 heterocycles. The van der Waals surface area contributed by atoms with Crippen LogP contribution in [0.15, 0.2) is 17.6 Å². The van der Waals surface area contributed by atoms with Crippen molar-refractivity contribution >= 4 is 17.9 Å². The van der Waals surface area contributed by atoms with Gasteiger partial charge < -0.3 is 25.4 Å². The summed E-state index contributed by atoms with van der Waals surface area (Å²) in [7, 11) is 0. The molecule has 0 aliphatic carbocycles. The van der Waals surface area contributed by atoms with Gasteiger partial charge in [-0.25, -0.2) is 4.79 Å². The topological polar surface area (TPSA) is 137 Å². The van der Waals surface area contributed by atoms with E-state index in [4.69, 9.17) is 15.2 Å². The van der Waals surface area contributed by atoms with Crippen LogP contribution in [0.25, 0.3) is 6.08 Å². The monoisotopic (exact) mass is 325 g/mol. The zero-order valence-electron chi connectivity index (χ0n) is 12.6. The van der Waals surface area contributed by atoms with Gasteiger partial charge in [0.15, 0.2) is 6.23 Å². The van der Waals surface area contributed by atoms with Crippen LogP contribution in [-0.2, 0) is 14.3 Å². The Morgan fingerprint density at radius 1 is 1.57 bits per heavy atom. The first-order valence-corrected chi connectivity index (χ1v) is 7.07. The number of anilines is 1.